The lowest BCUT2D eigenvalue weighted by Crippen LogP contribution is -2.51. The molecule has 1 fully saturated rings. The second-order valence-electron chi connectivity index (χ2n) is 4.20. The number of aliphatic hydroxyl groups is 1. The SMILES string of the molecule is COCOC12CCC(O)(CC1)C(F)=C2F. The van der Waals surface area contributed by atoms with E-state index in [1.54, 1.807) is 0 Å². The molecule has 1 N–H and O–H groups in total. The first kappa shape index (κ1) is 11.0. The molecule has 0 spiro atoms. The highest BCUT2D eigenvalue weighted by Crippen LogP contribution is 2.52. The smallest absolute Gasteiger partial charge is 0.166 e. The van der Waals surface area contributed by atoms with Gasteiger partial charge in [0.1, 0.15) is 18.0 Å². The minimum absolute atomic E-state index is 0.0703. The fraction of sp³-hybridized carbons (Fsp3) is 0.800. The van der Waals surface area contributed by atoms with Crippen molar-refractivity contribution < 1.29 is 23.4 Å². The van der Waals surface area contributed by atoms with Crippen molar-refractivity contribution in [3.05, 3.63) is 11.7 Å². The summed E-state index contributed by atoms with van der Waals surface area (Å²) in [6, 6.07) is 0. The van der Waals surface area contributed by atoms with Crippen molar-refractivity contribution in [2.75, 3.05) is 13.9 Å². The Morgan fingerprint density at radius 3 is 2.33 bits per heavy atom. The third-order valence-electron chi connectivity index (χ3n) is 3.34. The first-order valence-corrected chi connectivity index (χ1v) is 4.96. The summed E-state index contributed by atoms with van der Waals surface area (Å²) in [6.45, 7) is -0.0703. The molecule has 3 aliphatic carbocycles. The largest absolute Gasteiger partial charge is 0.383 e. The van der Waals surface area contributed by atoms with Crippen LogP contribution in [-0.2, 0) is 9.47 Å². The van der Waals surface area contributed by atoms with Gasteiger partial charge < -0.3 is 14.6 Å². The second-order valence-corrected chi connectivity index (χ2v) is 4.20. The van der Waals surface area contributed by atoms with E-state index < -0.39 is 22.9 Å². The van der Waals surface area contributed by atoms with Crippen LogP contribution in [0.5, 0.6) is 0 Å². The Hall–Kier alpha value is -0.520. The lowest BCUT2D eigenvalue weighted by atomic mass is 9.68. The molecule has 2 bridgehead atoms. The molecule has 0 heterocycles. The van der Waals surface area contributed by atoms with Crippen LogP contribution in [0.2, 0.25) is 0 Å². The maximum Gasteiger partial charge on any atom is 0.166 e. The van der Waals surface area contributed by atoms with E-state index in [4.69, 9.17) is 9.47 Å². The molecule has 0 atom stereocenters. The molecule has 0 aromatic heterocycles. The van der Waals surface area contributed by atoms with Crippen LogP contribution in [0, 0.1) is 0 Å². The highest BCUT2D eigenvalue weighted by atomic mass is 19.2. The summed E-state index contributed by atoms with van der Waals surface area (Å²) >= 11 is 0. The van der Waals surface area contributed by atoms with Gasteiger partial charge in [-0.3, -0.25) is 0 Å². The van der Waals surface area contributed by atoms with E-state index in [1.165, 1.54) is 7.11 Å². The summed E-state index contributed by atoms with van der Waals surface area (Å²) in [5.41, 5.74) is -2.80. The van der Waals surface area contributed by atoms with Crippen molar-refractivity contribution >= 4 is 0 Å². The molecule has 3 rings (SSSR count). The Balaban J connectivity index is 2.28. The van der Waals surface area contributed by atoms with Crippen molar-refractivity contribution in [2.45, 2.75) is 36.9 Å². The Morgan fingerprint density at radius 2 is 1.80 bits per heavy atom. The molecule has 0 aliphatic heterocycles. The van der Waals surface area contributed by atoms with Gasteiger partial charge in [-0.2, -0.15) is 0 Å². The zero-order valence-corrected chi connectivity index (χ0v) is 8.56. The van der Waals surface area contributed by atoms with Gasteiger partial charge in [0.05, 0.1) is 0 Å². The molecule has 0 aromatic rings. The average molecular weight is 220 g/mol. The molecule has 5 heteroatoms. The summed E-state index contributed by atoms with van der Waals surface area (Å²) in [7, 11) is 1.43. The van der Waals surface area contributed by atoms with Crippen molar-refractivity contribution in [1.82, 2.24) is 0 Å². The zero-order chi connectivity index (χ0) is 11.1. The highest BCUT2D eigenvalue weighted by molar-refractivity contribution is 5.30. The van der Waals surface area contributed by atoms with Gasteiger partial charge in [-0.05, 0) is 25.7 Å². The molecular weight excluding hydrogens is 206 g/mol. The second kappa shape index (κ2) is 3.50. The first-order chi connectivity index (χ1) is 7.04. The molecular formula is C10H14F2O3. The fourth-order valence-corrected chi connectivity index (χ4v) is 2.29. The van der Waals surface area contributed by atoms with Crippen molar-refractivity contribution in [2.24, 2.45) is 0 Å². The number of ether oxygens (including phenoxy) is 2. The molecule has 0 radical (unpaired) electrons. The Kier molecular flexibility index (Phi) is 2.56. The average Bonchev–Trinajstić information content (AvgIpc) is 2.25. The molecule has 0 unspecified atom stereocenters. The van der Waals surface area contributed by atoms with E-state index >= 15 is 0 Å². The topological polar surface area (TPSA) is 38.7 Å². The van der Waals surface area contributed by atoms with Gasteiger partial charge in [0.15, 0.2) is 11.7 Å². The molecule has 15 heavy (non-hydrogen) atoms. The van der Waals surface area contributed by atoms with Gasteiger partial charge >= 0.3 is 0 Å². The van der Waals surface area contributed by atoms with Crippen LogP contribution in [-0.4, -0.2) is 30.2 Å². The van der Waals surface area contributed by atoms with Crippen LogP contribution in [0.4, 0.5) is 8.78 Å². The van der Waals surface area contributed by atoms with Crippen molar-refractivity contribution in [3.8, 4) is 0 Å². The predicted octanol–water partition coefficient (Wildman–Crippen LogP) is 1.81. The third kappa shape index (κ3) is 1.49. The fourth-order valence-electron chi connectivity index (χ4n) is 2.29. The lowest BCUT2D eigenvalue weighted by molar-refractivity contribution is -0.170. The van der Waals surface area contributed by atoms with Crippen LogP contribution >= 0.6 is 0 Å². The molecule has 0 amide bonds. The minimum Gasteiger partial charge on any atom is -0.383 e. The maximum atomic E-state index is 13.7. The Bertz CT molecular complexity index is 293. The Labute approximate surface area is 86.7 Å². The number of halogens is 2. The normalized spacial score (nSPS) is 40.0. The zero-order valence-electron chi connectivity index (χ0n) is 8.56. The van der Waals surface area contributed by atoms with Gasteiger partial charge in [-0.1, -0.05) is 0 Å². The van der Waals surface area contributed by atoms with Gasteiger partial charge in [-0.15, -0.1) is 0 Å². The summed E-state index contributed by atoms with van der Waals surface area (Å²) < 4.78 is 37.1. The number of rotatable bonds is 3. The van der Waals surface area contributed by atoms with E-state index in [0.717, 1.165) is 0 Å². The number of hydrogen-bond acceptors (Lipinski definition) is 3. The molecule has 0 saturated heterocycles. The lowest BCUT2D eigenvalue weighted by Gasteiger charge is -2.47. The maximum absolute atomic E-state index is 13.7. The first-order valence-electron chi connectivity index (χ1n) is 4.96. The number of hydrogen-bond donors (Lipinski definition) is 1. The monoisotopic (exact) mass is 220 g/mol. The summed E-state index contributed by atoms with van der Waals surface area (Å²) in [6.07, 6.45) is 1.00. The van der Waals surface area contributed by atoms with E-state index in [-0.39, 0.29) is 19.6 Å². The van der Waals surface area contributed by atoms with Gasteiger partial charge in [-0.25, -0.2) is 8.78 Å². The Morgan fingerprint density at radius 1 is 1.20 bits per heavy atom. The minimum atomic E-state index is -1.59. The molecule has 0 aromatic carbocycles. The molecule has 3 nitrogen and oxygen atoms in total. The third-order valence-corrected chi connectivity index (χ3v) is 3.34. The summed E-state index contributed by atoms with van der Waals surface area (Å²) in [5.74, 6) is -2.02. The van der Waals surface area contributed by atoms with Crippen molar-refractivity contribution in [3.63, 3.8) is 0 Å². The quantitative estimate of drug-likeness (QED) is 0.737. The molecule has 86 valence electrons. The predicted molar refractivity (Wildman–Crippen MR) is 48.4 cm³/mol. The summed E-state index contributed by atoms with van der Waals surface area (Å²) in [5, 5.41) is 9.74. The van der Waals surface area contributed by atoms with E-state index in [1.807, 2.05) is 0 Å². The molecule has 1 saturated carbocycles. The van der Waals surface area contributed by atoms with Crippen LogP contribution in [0.1, 0.15) is 25.7 Å². The van der Waals surface area contributed by atoms with Crippen molar-refractivity contribution in [1.29, 1.82) is 0 Å². The van der Waals surface area contributed by atoms with E-state index in [9.17, 15) is 13.9 Å². The van der Waals surface area contributed by atoms with E-state index in [2.05, 4.69) is 0 Å². The standard InChI is InChI=1S/C10H14F2O3/c1-14-6-15-10-4-2-9(13,3-5-10)7(11)8(10)12/h13H,2-6H2,1H3. The van der Waals surface area contributed by atoms with Gasteiger partial charge in [0.25, 0.3) is 0 Å². The van der Waals surface area contributed by atoms with Crippen LogP contribution < -0.4 is 0 Å². The van der Waals surface area contributed by atoms with Crippen LogP contribution in [0.3, 0.4) is 0 Å². The van der Waals surface area contributed by atoms with Crippen LogP contribution in [0.15, 0.2) is 11.7 Å². The van der Waals surface area contributed by atoms with E-state index in [0.29, 0.717) is 12.8 Å². The summed E-state index contributed by atoms with van der Waals surface area (Å²) in [4.78, 5) is 0. The highest BCUT2D eigenvalue weighted by Gasteiger charge is 2.56. The van der Waals surface area contributed by atoms with Gasteiger partial charge in [0.2, 0.25) is 0 Å². The molecule has 3 aliphatic rings. The van der Waals surface area contributed by atoms with Gasteiger partial charge in [0, 0.05) is 7.11 Å². The van der Waals surface area contributed by atoms with Crippen LogP contribution in [0.25, 0.3) is 0 Å². The number of fused-ring (bicyclic) bond motifs is 2. The number of methoxy groups -OCH3 is 1.